The number of halogens is 3. The Kier molecular flexibility index (Phi) is 4.24. The van der Waals surface area contributed by atoms with E-state index in [9.17, 15) is 9.50 Å². The van der Waals surface area contributed by atoms with Crippen molar-refractivity contribution in [2.45, 2.75) is 6.54 Å². The third kappa shape index (κ3) is 3.23. The summed E-state index contributed by atoms with van der Waals surface area (Å²) in [5.41, 5.74) is 1.55. The van der Waals surface area contributed by atoms with E-state index >= 15 is 0 Å². The first-order valence-electron chi connectivity index (χ1n) is 5.22. The Labute approximate surface area is 121 Å². The number of hydrogen-bond donors (Lipinski definition) is 2. The van der Waals surface area contributed by atoms with Gasteiger partial charge in [0.2, 0.25) is 0 Å². The zero-order chi connectivity index (χ0) is 13.1. The molecule has 18 heavy (non-hydrogen) atoms. The number of anilines is 1. The molecule has 0 amide bonds. The first-order chi connectivity index (χ1) is 8.56. The van der Waals surface area contributed by atoms with Crippen molar-refractivity contribution in [1.82, 2.24) is 0 Å². The lowest BCUT2D eigenvalue weighted by atomic mass is 10.2. The summed E-state index contributed by atoms with van der Waals surface area (Å²) in [4.78, 5) is 0. The molecule has 2 aromatic carbocycles. The lowest BCUT2D eigenvalue weighted by Crippen LogP contribution is -2.00. The van der Waals surface area contributed by atoms with Gasteiger partial charge in [-0.1, -0.05) is 15.9 Å². The second kappa shape index (κ2) is 5.71. The second-order valence-electron chi connectivity index (χ2n) is 3.76. The van der Waals surface area contributed by atoms with E-state index in [1.54, 1.807) is 24.3 Å². The first-order valence-corrected chi connectivity index (χ1v) is 6.81. The smallest absolute Gasteiger partial charge is 0.137 e. The minimum atomic E-state index is -0.300. The van der Waals surface area contributed by atoms with Crippen LogP contribution >= 0.6 is 31.9 Å². The number of nitrogens with one attached hydrogen (secondary N) is 1. The summed E-state index contributed by atoms with van der Waals surface area (Å²) in [5.74, 6) is -0.0715. The molecule has 2 N–H and O–H groups in total. The number of phenolic OH excluding ortho intramolecular Hbond substituents is 1. The molecule has 0 radical (unpaired) electrons. The predicted octanol–water partition coefficient (Wildman–Crippen LogP) is 4.67. The van der Waals surface area contributed by atoms with E-state index in [4.69, 9.17) is 0 Å². The molecular formula is C13H10Br2FNO. The molecule has 0 aliphatic rings. The van der Waals surface area contributed by atoms with Crippen molar-refractivity contribution in [3.05, 3.63) is 56.7 Å². The Morgan fingerprint density at radius 2 is 1.89 bits per heavy atom. The molecule has 0 unspecified atom stereocenters. The Morgan fingerprint density at radius 1 is 1.11 bits per heavy atom. The number of hydrogen-bond acceptors (Lipinski definition) is 2. The molecule has 2 rings (SSSR count). The van der Waals surface area contributed by atoms with E-state index < -0.39 is 0 Å². The van der Waals surface area contributed by atoms with Crippen molar-refractivity contribution in [1.29, 1.82) is 0 Å². The van der Waals surface area contributed by atoms with Crippen molar-refractivity contribution >= 4 is 37.5 Å². The van der Waals surface area contributed by atoms with Crippen LogP contribution in [0.2, 0.25) is 0 Å². The van der Waals surface area contributed by atoms with Crippen LogP contribution in [0.25, 0.3) is 0 Å². The summed E-state index contributed by atoms with van der Waals surface area (Å²) >= 11 is 6.47. The van der Waals surface area contributed by atoms with Gasteiger partial charge in [0.05, 0.1) is 4.47 Å². The standard InChI is InChI=1S/C13H10Br2FNO/c14-9-1-4-13(18)8(5-9)7-17-10-2-3-12(16)11(15)6-10/h1-6,17-18H,7H2. The predicted molar refractivity (Wildman–Crippen MR) is 77.2 cm³/mol. The molecule has 2 aromatic rings. The monoisotopic (exact) mass is 373 g/mol. The van der Waals surface area contributed by atoms with Crippen molar-refractivity contribution in [2.24, 2.45) is 0 Å². The Morgan fingerprint density at radius 3 is 2.61 bits per heavy atom. The van der Waals surface area contributed by atoms with E-state index in [0.29, 0.717) is 11.0 Å². The largest absolute Gasteiger partial charge is 0.508 e. The lowest BCUT2D eigenvalue weighted by Gasteiger charge is -2.09. The zero-order valence-corrected chi connectivity index (χ0v) is 12.4. The molecule has 0 atom stereocenters. The minimum absolute atomic E-state index is 0.229. The zero-order valence-electron chi connectivity index (χ0n) is 9.25. The third-order valence-corrected chi connectivity index (χ3v) is 3.55. The van der Waals surface area contributed by atoms with Gasteiger partial charge in [0.25, 0.3) is 0 Å². The van der Waals surface area contributed by atoms with Crippen LogP contribution in [0, 0.1) is 5.82 Å². The fourth-order valence-electron chi connectivity index (χ4n) is 1.50. The van der Waals surface area contributed by atoms with Crippen molar-refractivity contribution in [3.8, 4) is 5.75 Å². The Balaban J connectivity index is 2.11. The maximum Gasteiger partial charge on any atom is 0.137 e. The normalized spacial score (nSPS) is 10.4. The molecule has 0 aromatic heterocycles. The lowest BCUT2D eigenvalue weighted by molar-refractivity contribution is 0.469. The van der Waals surface area contributed by atoms with E-state index in [0.717, 1.165) is 15.7 Å². The Hall–Kier alpha value is -1.07. The highest BCUT2D eigenvalue weighted by Crippen LogP contribution is 2.24. The highest BCUT2D eigenvalue weighted by atomic mass is 79.9. The van der Waals surface area contributed by atoms with Gasteiger partial charge in [-0.3, -0.25) is 0 Å². The molecule has 0 aliphatic heterocycles. The van der Waals surface area contributed by atoms with E-state index in [2.05, 4.69) is 37.2 Å². The van der Waals surface area contributed by atoms with Gasteiger partial charge in [0.15, 0.2) is 0 Å². The first kappa shape index (κ1) is 13.4. The van der Waals surface area contributed by atoms with Gasteiger partial charge in [-0.15, -0.1) is 0 Å². The number of rotatable bonds is 3. The summed E-state index contributed by atoms with van der Waals surface area (Å²) < 4.78 is 14.4. The quantitative estimate of drug-likeness (QED) is 0.818. The van der Waals surface area contributed by atoms with Gasteiger partial charge in [0.1, 0.15) is 11.6 Å². The third-order valence-electron chi connectivity index (χ3n) is 2.44. The van der Waals surface area contributed by atoms with Crippen molar-refractivity contribution in [3.63, 3.8) is 0 Å². The molecule has 5 heteroatoms. The number of benzene rings is 2. The van der Waals surface area contributed by atoms with Gasteiger partial charge in [-0.2, -0.15) is 0 Å². The molecular weight excluding hydrogens is 365 g/mol. The fraction of sp³-hybridized carbons (Fsp3) is 0.0769. The fourth-order valence-corrected chi connectivity index (χ4v) is 2.29. The van der Waals surface area contributed by atoms with Crippen LogP contribution in [0.1, 0.15) is 5.56 Å². The average Bonchev–Trinajstić information content (AvgIpc) is 2.34. The van der Waals surface area contributed by atoms with Gasteiger partial charge in [0, 0.05) is 22.3 Å². The summed E-state index contributed by atoms with van der Waals surface area (Å²) in [5, 5.41) is 12.8. The Bertz CT molecular complexity index is 575. The summed E-state index contributed by atoms with van der Waals surface area (Å²) in [6.07, 6.45) is 0. The second-order valence-corrected chi connectivity index (χ2v) is 5.53. The molecule has 0 heterocycles. The van der Waals surface area contributed by atoms with Gasteiger partial charge in [-0.05, 0) is 52.3 Å². The van der Waals surface area contributed by atoms with Crippen molar-refractivity contribution in [2.75, 3.05) is 5.32 Å². The van der Waals surface area contributed by atoms with Crippen LogP contribution in [0.15, 0.2) is 45.3 Å². The summed E-state index contributed by atoms with van der Waals surface area (Å²) in [7, 11) is 0. The highest BCUT2D eigenvalue weighted by molar-refractivity contribution is 9.10. The topological polar surface area (TPSA) is 32.3 Å². The molecule has 0 saturated carbocycles. The van der Waals surface area contributed by atoms with Crippen LogP contribution in [0.4, 0.5) is 10.1 Å². The molecule has 2 nitrogen and oxygen atoms in total. The summed E-state index contributed by atoms with van der Waals surface area (Å²) in [6, 6.07) is 9.92. The van der Waals surface area contributed by atoms with Crippen molar-refractivity contribution < 1.29 is 9.50 Å². The molecule has 94 valence electrons. The minimum Gasteiger partial charge on any atom is -0.508 e. The molecule has 0 fully saturated rings. The molecule has 0 aliphatic carbocycles. The van der Waals surface area contributed by atoms with Crippen LogP contribution in [-0.4, -0.2) is 5.11 Å². The SMILES string of the molecule is Oc1ccc(Br)cc1CNc1ccc(F)c(Br)c1. The molecule has 0 bridgehead atoms. The number of aromatic hydroxyl groups is 1. The number of phenols is 1. The van der Waals surface area contributed by atoms with Gasteiger partial charge in [-0.25, -0.2) is 4.39 Å². The van der Waals surface area contributed by atoms with Crippen LogP contribution < -0.4 is 5.32 Å². The van der Waals surface area contributed by atoms with E-state index in [1.807, 2.05) is 6.07 Å². The maximum atomic E-state index is 13.1. The van der Waals surface area contributed by atoms with E-state index in [-0.39, 0.29) is 11.6 Å². The van der Waals surface area contributed by atoms with Crippen LogP contribution in [0.3, 0.4) is 0 Å². The van der Waals surface area contributed by atoms with Gasteiger partial charge < -0.3 is 10.4 Å². The average molecular weight is 375 g/mol. The maximum absolute atomic E-state index is 13.1. The molecule has 0 spiro atoms. The molecule has 0 saturated heterocycles. The van der Waals surface area contributed by atoms with E-state index in [1.165, 1.54) is 6.07 Å². The van der Waals surface area contributed by atoms with Crippen LogP contribution in [-0.2, 0) is 6.54 Å². The highest BCUT2D eigenvalue weighted by Gasteiger charge is 2.03. The summed E-state index contributed by atoms with van der Waals surface area (Å²) in [6.45, 7) is 0.462. The van der Waals surface area contributed by atoms with Crippen LogP contribution in [0.5, 0.6) is 5.75 Å². The van der Waals surface area contributed by atoms with Gasteiger partial charge >= 0.3 is 0 Å².